The third kappa shape index (κ3) is 7.80. The molecule has 8 aromatic rings. The fraction of sp³-hybridized carbons (Fsp3) is 0.324. The fourth-order valence-corrected chi connectivity index (χ4v) is 16.3. The molecule has 0 N–H and O–H groups in total. The Morgan fingerprint density at radius 2 is 0.890 bits per heavy atom. The molecular weight excluding hydrogens is 881 g/mol. The van der Waals surface area contributed by atoms with Crippen LogP contribution in [0.25, 0.3) is 22.3 Å². The minimum atomic E-state index is -0.159. The highest BCUT2D eigenvalue weighted by Crippen LogP contribution is 2.62. The summed E-state index contributed by atoms with van der Waals surface area (Å²) in [6, 6.07) is 76.5. The molecule has 14 rings (SSSR count). The van der Waals surface area contributed by atoms with E-state index in [0.717, 1.165) is 35.5 Å². The highest BCUT2D eigenvalue weighted by atomic mass is 15.1. The number of hydrogen-bond acceptors (Lipinski definition) is 2. The zero-order chi connectivity index (χ0) is 49.5. The van der Waals surface area contributed by atoms with Gasteiger partial charge in [-0.05, 0) is 209 Å². The molecule has 5 fully saturated rings. The van der Waals surface area contributed by atoms with E-state index in [0.29, 0.717) is 11.3 Å². The highest BCUT2D eigenvalue weighted by molar-refractivity contribution is 5.94. The Balaban J connectivity index is 0.919. The van der Waals surface area contributed by atoms with Crippen molar-refractivity contribution in [3.63, 3.8) is 0 Å². The highest BCUT2D eigenvalue weighted by Gasteiger charge is 2.52. The fourth-order valence-electron chi connectivity index (χ4n) is 16.3. The monoisotopic (exact) mass is 953 g/mol. The summed E-state index contributed by atoms with van der Waals surface area (Å²) >= 11 is 0. The number of hydrogen-bond donors (Lipinski definition) is 0. The summed E-state index contributed by atoms with van der Waals surface area (Å²) in [7, 11) is 0. The third-order valence-electron chi connectivity index (χ3n) is 19.1. The Morgan fingerprint density at radius 1 is 0.425 bits per heavy atom. The summed E-state index contributed by atoms with van der Waals surface area (Å²) in [6.45, 7) is 12.3. The standard InChI is InChI=1S/C71H72N2/c1-68(2,3)66-26-15-16-41-71(66,54-29-35-58(36-30-54)72(56-20-11-7-12-21-56)57-22-13-8-14-23-57)55-31-37-60(38-32-55)73(59-33-27-53(28-34-59)70-46-49-42-50(47-70)44-51(43-49)48-70)61-39-40-63-65(45-61)69(4,5)64-25-17-24-62(67(63)64)52-18-9-6-10-19-52/h6-14,17-25,27-40,45,49-51,66H,15-16,26,41-44,46-48H2,1-5H3. The molecule has 0 heterocycles. The Hall–Kier alpha value is -6.64. The summed E-state index contributed by atoms with van der Waals surface area (Å²) in [5.74, 6) is 3.23. The molecule has 2 heteroatoms. The summed E-state index contributed by atoms with van der Waals surface area (Å²) < 4.78 is 0. The zero-order valence-corrected chi connectivity index (χ0v) is 43.8. The average Bonchev–Trinajstić information content (AvgIpc) is 3.65. The van der Waals surface area contributed by atoms with Crippen LogP contribution in [0.3, 0.4) is 0 Å². The Bertz CT molecular complexity index is 3180. The maximum atomic E-state index is 2.57. The smallest absolute Gasteiger partial charge is 0.0465 e. The van der Waals surface area contributed by atoms with Crippen molar-refractivity contribution >= 4 is 34.1 Å². The predicted octanol–water partition coefficient (Wildman–Crippen LogP) is 19.6. The summed E-state index contributed by atoms with van der Waals surface area (Å²) in [6.07, 6.45) is 13.4. The van der Waals surface area contributed by atoms with Gasteiger partial charge in [-0.1, -0.05) is 175 Å². The van der Waals surface area contributed by atoms with Gasteiger partial charge in [-0.2, -0.15) is 0 Å². The van der Waals surface area contributed by atoms with Crippen LogP contribution >= 0.6 is 0 Å². The van der Waals surface area contributed by atoms with E-state index in [1.807, 2.05) is 0 Å². The average molecular weight is 953 g/mol. The number of rotatable bonds is 10. The first-order valence-electron chi connectivity index (χ1n) is 27.8. The number of para-hydroxylation sites is 2. The SMILES string of the molecule is CC1(C)c2cc(N(c3ccc(C45CC6CC(CC(C6)C4)C5)cc3)c3ccc(C4(c5ccc(N(c6ccccc6)c6ccccc6)cc5)CCCCC4C(C)(C)C)cc3)ccc2-c2c(-c3ccccc3)cccc21. The van der Waals surface area contributed by atoms with Gasteiger partial charge in [0, 0.05) is 45.0 Å². The molecular formula is C71H72N2. The molecule has 8 aromatic carbocycles. The quantitative estimate of drug-likeness (QED) is 0.135. The Labute approximate surface area is 436 Å². The largest absolute Gasteiger partial charge is 0.311 e. The second kappa shape index (κ2) is 17.8. The number of fused-ring (bicyclic) bond motifs is 3. The molecule has 366 valence electrons. The van der Waals surface area contributed by atoms with E-state index in [-0.39, 0.29) is 16.2 Å². The molecule has 0 spiro atoms. The van der Waals surface area contributed by atoms with E-state index in [1.54, 1.807) is 5.56 Å². The molecule has 2 nitrogen and oxygen atoms in total. The van der Waals surface area contributed by atoms with Crippen LogP contribution in [0.2, 0.25) is 0 Å². The van der Waals surface area contributed by atoms with Gasteiger partial charge in [-0.25, -0.2) is 0 Å². The third-order valence-corrected chi connectivity index (χ3v) is 19.1. The lowest BCUT2D eigenvalue weighted by Crippen LogP contribution is -2.48. The normalized spacial score (nSPS) is 24.5. The van der Waals surface area contributed by atoms with Gasteiger partial charge in [0.05, 0.1) is 0 Å². The van der Waals surface area contributed by atoms with E-state index in [2.05, 4.69) is 245 Å². The molecule has 4 bridgehead atoms. The first-order chi connectivity index (χ1) is 35.5. The molecule has 0 amide bonds. The number of benzene rings is 8. The topological polar surface area (TPSA) is 6.48 Å². The zero-order valence-electron chi connectivity index (χ0n) is 43.8. The minimum absolute atomic E-state index is 0.109. The van der Waals surface area contributed by atoms with Gasteiger partial charge in [-0.3, -0.25) is 0 Å². The number of anilines is 6. The van der Waals surface area contributed by atoms with Gasteiger partial charge in [0.25, 0.3) is 0 Å². The molecule has 6 aliphatic carbocycles. The Kier molecular flexibility index (Phi) is 11.3. The van der Waals surface area contributed by atoms with Crippen LogP contribution < -0.4 is 9.80 Å². The first-order valence-corrected chi connectivity index (χ1v) is 27.8. The lowest BCUT2D eigenvalue weighted by atomic mass is 9.48. The minimum Gasteiger partial charge on any atom is -0.311 e. The van der Waals surface area contributed by atoms with Crippen LogP contribution in [0.4, 0.5) is 34.1 Å². The van der Waals surface area contributed by atoms with Crippen LogP contribution in [0, 0.1) is 29.1 Å². The van der Waals surface area contributed by atoms with Crippen molar-refractivity contribution in [3.05, 3.63) is 228 Å². The first kappa shape index (κ1) is 46.2. The van der Waals surface area contributed by atoms with Crippen LogP contribution in [0.1, 0.15) is 127 Å². The van der Waals surface area contributed by atoms with E-state index in [4.69, 9.17) is 0 Å². The van der Waals surface area contributed by atoms with Crippen molar-refractivity contribution < 1.29 is 0 Å². The maximum Gasteiger partial charge on any atom is 0.0465 e. The van der Waals surface area contributed by atoms with Crippen molar-refractivity contribution in [2.75, 3.05) is 9.80 Å². The molecule has 2 unspecified atom stereocenters. The van der Waals surface area contributed by atoms with E-state index < -0.39 is 0 Å². The molecule has 6 aliphatic rings. The second-order valence-electron chi connectivity index (χ2n) is 24.8. The van der Waals surface area contributed by atoms with Gasteiger partial charge >= 0.3 is 0 Å². The van der Waals surface area contributed by atoms with Crippen molar-refractivity contribution in [2.45, 2.75) is 115 Å². The van der Waals surface area contributed by atoms with Crippen molar-refractivity contribution in [1.82, 2.24) is 0 Å². The molecule has 0 aliphatic heterocycles. The lowest BCUT2D eigenvalue weighted by Gasteiger charge is -2.57. The van der Waals surface area contributed by atoms with Crippen LogP contribution in [0.15, 0.2) is 200 Å². The van der Waals surface area contributed by atoms with Crippen LogP contribution in [-0.2, 0) is 16.2 Å². The van der Waals surface area contributed by atoms with Crippen LogP contribution in [0.5, 0.6) is 0 Å². The van der Waals surface area contributed by atoms with Gasteiger partial charge < -0.3 is 9.80 Å². The maximum absolute atomic E-state index is 2.57. The molecule has 0 aromatic heterocycles. The van der Waals surface area contributed by atoms with Crippen LogP contribution in [-0.4, -0.2) is 0 Å². The van der Waals surface area contributed by atoms with Gasteiger partial charge in [0.2, 0.25) is 0 Å². The summed E-state index contributed by atoms with van der Waals surface area (Å²) in [4.78, 5) is 4.95. The van der Waals surface area contributed by atoms with Gasteiger partial charge in [0.1, 0.15) is 0 Å². The predicted molar refractivity (Wildman–Crippen MR) is 307 cm³/mol. The van der Waals surface area contributed by atoms with Gasteiger partial charge in [-0.15, -0.1) is 0 Å². The number of nitrogens with zero attached hydrogens (tertiary/aromatic N) is 2. The summed E-state index contributed by atoms with van der Waals surface area (Å²) in [5, 5.41) is 0. The molecule has 73 heavy (non-hydrogen) atoms. The summed E-state index contributed by atoms with van der Waals surface area (Å²) in [5.41, 5.74) is 19.9. The Morgan fingerprint density at radius 3 is 1.41 bits per heavy atom. The molecule has 0 radical (unpaired) electrons. The second-order valence-corrected chi connectivity index (χ2v) is 24.8. The molecule has 5 saturated carbocycles. The van der Waals surface area contributed by atoms with Crippen molar-refractivity contribution in [3.8, 4) is 22.3 Å². The lowest BCUT2D eigenvalue weighted by molar-refractivity contribution is -0.00518. The van der Waals surface area contributed by atoms with Crippen molar-refractivity contribution in [1.29, 1.82) is 0 Å². The van der Waals surface area contributed by atoms with E-state index in [9.17, 15) is 0 Å². The van der Waals surface area contributed by atoms with E-state index in [1.165, 1.54) is 125 Å². The molecule has 0 saturated heterocycles. The molecule has 2 atom stereocenters. The van der Waals surface area contributed by atoms with Crippen molar-refractivity contribution in [2.24, 2.45) is 29.1 Å². The van der Waals surface area contributed by atoms with E-state index >= 15 is 0 Å². The van der Waals surface area contributed by atoms with Gasteiger partial charge in [0.15, 0.2) is 0 Å².